The topological polar surface area (TPSA) is 81.7 Å². The third-order valence-corrected chi connectivity index (χ3v) is 7.71. The van der Waals surface area contributed by atoms with Gasteiger partial charge in [-0.2, -0.15) is 0 Å². The van der Waals surface area contributed by atoms with Gasteiger partial charge in [-0.1, -0.05) is 30.3 Å². The summed E-state index contributed by atoms with van der Waals surface area (Å²) in [5.74, 6) is 0.867. The molecule has 1 saturated heterocycles. The van der Waals surface area contributed by atoms with Crippen LogP contribution in [0.15, 0.2) is 42.5 Å². The molecule has 220 valence electrons. The molecule has 0 radical (unpaired) electrons. The van der Waals surface area contributed by atoms with Crippen molar-refractivity contribution >= 4 is 11.6 Å². The molecule has 0 bridgehead atoms. The van der Waals surface area contributed by atoms with Gasteiger partial charge in [0, 0.05) is 60.0 Å². The molecule has 2 aliphatic heterocycles. The average molecular weight is 556 g/mol. The second-order valence-corrected chi connectivity index (χ2v) is 10.4. The van der Waals surface area contributed by atoms with Gasteiger partial charge >= 0.3 is 0 Å². The number of piperidine rings is 1. The lowest BCUT2D eigenvalue weighted by Crippen LogP contribution is -2.51. The van der Waals surface area contributed by atoms with E-state index in [1.807, 2.05) is 13.0 Å². The van der Waals surface area contributed by atoms with E-state index < -0.39 is 0 Å². The number of fused-ring (bicyclic) bond motifs is 1. The number of amides is 1. The Morgan fingerprint density at radius 1 is 1.02 bits per heavy atom. The number of ether oxygens (including phenoxy) is 5. The summed E-state index contributed by atoms with van der Waals surface area (Å²) in [5, 5.41) is 3.47. The quantitative estimate of drug-likeness (QED) is 0.356. The average Bonchev–Trinajstić information content (AvgIpc) is 2.99. The minimum Gasteiger partial charge on any atom is -0.490 e. The van der Waals surface area contributed by atoms with Crippen LogP contribution in [0.1, 0.15) is 36.0 Å². The Balaban J connectivity index is 1.49. The number of hydrogen-bond donors (Lipinski definition) is 1. The van der Waals surface area contributed by atoms with Crippen molar-refractivity contribution in [2.24, 2.45) is 0 Å². The highest BCUT2D eigenvalue weighted by atomic mass is 16.5. The van der Waals surface area contributed by atoms with Gasteiger partial charge in [0.25, 0.3) is 0 Å². The normalized spacial score (nSPS) is 20.6. The van der Waals surface area contributed by atoms with Gasteiger partial charge in [-0.05, 0) is 42.2 Å². The van der Waals surface area contributed by atoms with E-state index in [1.165, 1.54) is 0 Å². The summed E-state index contributed by atoms with van der Waals surface area (Å²) >= 11 is 0. The SMILES string of the molecule is CCN(C)C(=O)CO[C@@H]1CNC[C@H](OCc2ccc3c(c2)N(CCCOC)CCO3)[C@H]1c1ccc(COC)cc1. The van der Waals surface area contributed by atoms with Gasteiger partial charge in [0.15, 0.2) is 0 Å². The number of nitrogens with one attached hydrogen (secondary N) is 1. The maximum atomic E-state index is 12.5. The van der Waals surface area contributed by atoms with E-state index in [1.54, 1.807) is 26.2 Å². The molecule has 2 aliphatic rings. The lowest BCUT2D eigenvalue weighted by molar-refractivity contribution is -0.139. The Morgan fingerprint density at radius 3 is 2.50 bits per heavy atom. The van der Waals surface area contributed by atoms with Crippen LogP contribution in [0.4, 0.5) is 5.69 Å². The van der Waals surface area contributed by atoms with Gasteiger partial charge in [0.05, 0.1) is 37.7 Å². The Labute approximate surface area is 238 Å². The van der Waals surface area contributed by atoms with E-state index in [0.717, 1.165) is 54.2 Å². The van der Waals surface area contributed by atoms with Crippen LogP contribution in [0.2, 0.25) is 0 Å². The molecule has 3 atom stereocenters. The van der Waals surface area contributed by atoms with Crippen LogP contribution in [0.25, 0.3) is 0 Å². The van der Waals surface area contributed by atoms with Gasteiger partial charge in [-0.25, -0.2) is 0 Å². The summed E-state index contributed by atoms with van der Waals surface area (Å²) in [7, 11) is 5.23. The first kappa shape index (κ1) is 30.3. The largest absolute Gasteiger partial charge is 0.490 e. The summed E-state index contributed by atoms with van der Waals surface area (Å²) in [5.41, 5.74) is 4.45. The molecule has 1 amide bonds. The third kappa shape index (κ3) is 7.95. The van der Waals surface area contributed by atoms with Crippen LogP contribution in [-0.4, -0.2) is 96.8 Å². The highest BCUT2D eigenvalue weighted by Gasteiger charge is 2.36. The van der Waals surface area contributed by atoms with Crippen LogP contribution in [0.5, 0.6) is 5.75 Å². The van der Waals surface area contributed by atoms with E-state index in [0.29, 0.717) is 39.5 Å². The molecule has 0 saturated carbocycles. The van der Waals surface area contributed by atoms with Crippen molar-refractivity contribution in [3.8, 4) is 5.75 Å². The first-order chi connectivity index (χ1) is 19.5. The molecule has 9 nitrogen and oxygen atoms in total. The van der Waals surface area contributed by atoms with Gasteiger partial charge < -0.3 is 38.8 Å². The van der Waals surface area contributed by atoms with E-state index in [4.69, 9.17) is 23.7 Å². The zero-order valence-electron chi connectivity index (χ0n) is 24.4. The molecule has 2 heterocycles. The van der Waals surface area contributed by atoms with Crippen LogP contribution >= 0.6 is 0 Å². The van der Waals surface area contributed by atoms with Crippen molar-refractivity contribution in [1.82, 2.24) is 10.2 Å². The number of nitrogens with zero attached hydrogens (tertiary/aromatic N) is 2. The fourth-order valence-electron chi connectivity index (χ4n) is 5.33. The van der Waals surface area contributed by atoms with Crippen LogP contribution in [0.3, 0.4) is 0 Å². The summed E-state index contributed by atoms with van der Waals surface area (Å²) in [6.45, 7) is 8.25. The second kappa shape index (κ2) is 15.3. The maximum Gasteiger partial charge on any atom is 0.248 e. The fourth-order valence-corrected chi connectivity index (χ4v) is 5.33. The van der Waals surface area contributed by atoms with Gasteiger partial charge in [0.1, 0.15) is 19.0 Å². The number of benzene rings is 2. The molecule has 0 aromatic heterocycles. The highest BCUT2D eigenvalue weighted by molar-refractivity contribution is 5.77. The van der Waals surface area contributed by atoms with Crippen LogP contribution in [0, 0.1) is 0 Å². The van der Waals surface area contributed by atoms with Gasteiger partial charge in [-0.15, -0.1) is 0 Å². The van der Waals surface area contributed by atoms with Crippen molar-refractivity contribution in [2.75, 3.05) is 78.7 Å². The lowest BCUT2D eigenvalue weighted by atomic mass is 9.85. The van der Waals surface area contributed by atoms with Gasteiger partial charge in [-0.3, -0.25) is 4.79 Å². The summed E-state index contributed by atoms with van der Waals surface area (Å²) in [4.78, 5) is 16.6. The highest BCUT2D eigenvalue weighted by Crippen LogP contribution is 2.34. The van der Waals surface area contributed by atoms with Gasteiger partial charge in [0.2, 0.25) is 5.91 Å². The molecule has 0 spiro atoms. The first-order valence-electron chi connectivity index (χ1n) is 14.3. The lowest BCUT2D eigenvalue weighted by Gasteiger charge is -2.39. The molecule has 0 aliphatic carbocycles. The van der Waals surface area contributed by atoms with Crippen LogP contribution < -0.4 is 15.0 Å². The first-order valence-corrected chi connectivity index (χ1v) is 14.3. The Kier molecular flexibility index (Phi) is 11.6. The maximum absolute atomic E-state index is 12.5. The molecule has 1 N–H and O–H groups in total. The predicted molar refractivity (Wildman–Crippen MR) is 155 cm³/mol. The molecule has 40 heavy (non-hydrogen) atoms. The molecular weight excluding hydrogens is 510 g/mol. The van der Waals surface area contributed by atoms with E-state index in [-0.39, 0.29) is 30.6 Å². The molecule has 0 unspecified atom stereocenters. The molecule has 1 fully saturated rings. The summed E-state index contributed by atoms with van der Waals surface area (Å²) < 4.78 is 29.3. The van der Waals surface area contributed by atoms with E-state index >= 15 is 0 Å². The zero-order valence-corrected chi connectivity index (χ0v) is 24.4. The predicted octanol–water partition coefficient (Wildman–Crippen LogP) is 3.20. The van der Waals surface area contributed by atoms with Crippen molar-refractivity contribution in [1.29, 1.82) is 0 Å². The third-order valence-electron chi connectivity index (χ3n) is 7.71. The van der Waals surface area contributed by atoms with Crippen molar-refractivity contribution in [3.63, 3.8) is 0 Å². The molecule has 2 aromatic rings. The van der Waals surface area contributed by atoms with Crippen LogP contribution in [-0.2, 0) is 37.0 Å². The van der Waals surface area contributed by atoms with Crippen molar-refractivity contribution < 1.29 is 28.5 Å². The Bertz CT molecular complexity index is 1070. The monoisotopic (exact) mass is 555 g/mol. The Hall–Kier alpha value is -2.69. The molecular formula is C31H45N3O6. The summed E-state index contributed by atoms with van der Waals surface area (Å²) in [6.07, 6.45) is 0.637. The molecule has 9 heteroatoms. The zero-order chi connectivity index (χ0) is 28.3. The number of anilines is 1. The van der Waals surface area contributed by atoms with Crippen molar-refractivity contribution in [2.45, 2.75) is 44.7 Å². The minimum atomic E-state index is -0.200. The molecule has 4 rings (SSSR count). The number of carbonyl (C=O) groups excluding carboxylic acids is 1. The smallest absolute Gasteiger partial charge is 0.248 e. The number of carbonyl (C=O) groups is 1. The molecule has 2 aromatic carbocycles. The van der Waals surface area contributed by atoms with Crippen molar-refractivity contribution in [3.05, 3.63) is 59.2 Å². The number of rotatable bonds is 14. The Morgan fingerprint density at radius 2 is 1.77 bits per heavy atom. The number of hydrogen-bond acceptors (Lipinski definition) is 8. The van der Waals surface area contributed by atoms with E-state index in [9.17, 15) is 4.79 Å². The fraction of sp³-hybridized carbons (Fsp3) is 0.581. The number of methoxy groups -OCH3 is 2. The second-order valence-electron chi connectivity index (χ2n) is 10.4. The summed E-state index contributed by atoms with van der Waals surface area (Å²) in [6, 6.07) is 14.7. The minimum absolute atomic E-state index is 0.0222. The number of likely N-dealkylation sites (N-methyl/N-ethyl adjacent to an activating group) is 1. The van der Waals surface area contributed by atoms with E-state index in [2.05, 4.69) is 46.6 Å². The standard InChI is InChI=1S/C31H45N3O6/c1-5-33(2)30(35)22-40-29-19-32-18-28(31(29)25-10-7-23(8-11-25)20-37-4)39-21-24-9-12-27-26(17-24)34(14-16-38-27)13-6-15-36-3/h7-12,17,28-29,31-32H,5-6,13-16,18-22H2,1-4H3/t28-,29+,31+/m0/s1.